The monoisotopic (exact) mass is 239 g/mol. The molecule has 10 heavy (non-hydrogen) atoms. The molecule has 0 fully saturated rings. The zero-order chi connectivity index (χ0) is 7.72. The summed E-state index contributed by atoms with van der Waals surface area (Å²) in [5.41, 5.74) is 4.26. The van der Waals surface area contributed by atoms with Gasteiger partial charge in [0, 0.05) is 0 Å². The van der Waals surface area contributed by atoms with Gasteiger partial charge in [-0.05, 0) is 0 Å². The Morgan fingerprint density at radius 3 is 1.80 bits per heavy atom. The number of benzene rings is 1. The molecule has 0 atom stereocenters. The van der Waals surface area contributed by atoms with Gasteiger partial charge in [0.2, 0.25) is 0 Å². The molecule has 3 radical (unpaired) electrons. The summed E-state index contributed by atoms with van der Waals surface area (Å²) in [6, 6.07) is 4.49. The van der Waals surface area contributed by atoms with Crippen LogP contribution in [-0.4, -0.2) is 22.5 Å². The van der Waals surface area contributed by atoms with E-state index in [1.165, 1.54) is 42.8 Å². The Hall–Kier alpha value is 0.0187. The topological polar surface area (TPSA) is 0 Å². The van der Waals surface area contributed by atoms with E-state index in [1.807, 2.05) is 0 Å². The van der Waals surface area contributed by atoms with E-state index >= 15 is 0 Å². The fraction of sp³-hybridized carbons (Fsp3) is 0.333. The molecule has 0 spiro atoms. The summed E-state index contributed by atoms with van der Waals surface area (Å²) in [5.74, 6) is 0. The Kier molecular flexibility index (Phi) is 2.40. The predicted molar refractivity (Wildman–Crippen MR) is 46.0 cm³/mol. The van der Waals surface area contributed by atoms with Crippen molar-refractivity contribution in [3.63, 3.8) is 0 Å². The molecule has 0 unspecified atom stereocenters. The Bertz CT molecular complexity index is 228. The van der Waals surface area contributed by atoms with Crippen LogP contribution < -0.4 is 3.58 Å². The maximum absolute atomic E-state index is 2.25. The molecular weight excluding hydrogens is 227 g/mol. The molecule has 0 nitrogen and oxygen atoms in total. The first-order chi connectivity index (χ1) is 4.61. The molecule has 0 bridgehead atoms. The normalized spacial score (nSPS) is 10.0. The second kappa shape index (κ2) is 2.95. The van der Waals surface area contributed by atoms with Gasteiger partial charge in [0.15, 0.2) is 0 Å². The Balaban J connectivity index is 3.31. The zero-order valence-corrected chi connectivity index (χ0v) is 9.51. The summed E-state index contributed by atoms with van der Waals surface area (Å²) in [4.78, 5) is 0. The molecule has 0 aromatic heterocycles. The first kappa shape index (κ1) is 8.12. The van der Waals surface area contributed by atoms with Gasteiger partial charge >= 0.3 is 75.7 Å². The maximum atomic E-state index is 2.25. The summed E-state index contributed by atoms with van der Waals surface area (Å²) in [7, 11) is 0. The minimum atomic E-state index is 1.38. The fourth-order valence-corrected chi connectivity index (χ4v) is 1.59. The number of hydrogen-bond acceptors (Lipinski definition) is 0. The second-order valence-electron chi connectivity index (χ2n) is 2.77. The van der Waals surface area contributed by atoms with E-state index in [9.17, 15) is 0 Å². The van der Waals surface area contributed by atoms with Gasteiger partial charge in [0.25, 0.3) is 0 Å². The van der Waals surface area contributed by atoms with E-state index < -0.39 is 0 Å². The second-order valence-corrected chi connectivity index (χ2v) is 4.20. The third-order valence-electron chi connectivity index (χ3n) is 1.68. The standard InChI is InChI=1S/C9H11.Sn/c1-7-4-8(2)6-9(3)5-7;/h4-5H,1-3H3;. The van der Waals surface area contributed by atoms with Crippen LogP contribution in [0.25, 0.3) is 0 Å². The van der Waals surface area contributed by atoms with Crippen molar-refractivity contribution in [3.05, 3.63) is 28.8 Å². The van der Waals surface area contributed by atoms with Gasteiger partial charge in [-0.25, -0.2) is 0 Å². The van der Waals surface area contributed by atoms with Crippen molar-refractivity contribution in [1.82, 2.24) is 0 Å². The third-order valence-corrected chi connectivity index (χ3v) is 3.93. The van der Waals surface area contributed by atoms with Crippen molar-refractivity contribution >= 4 is 26.1 Å². The predicted octanol–water partition coefficient (Wildman–Crippen LogP) is 1.41. The summed E-state index contributed by atoms with van der Waals surface area (Å²) in [6.07, 6.45) is 0. The van der Waals surface area contributed by atoms with E-state index in [2.05, 4.69) is 32.9 Å². The van der Waals surface area contributed by atoms with Crippen LogP contribution in [0.3, 0.4) is 0 Å². The van der Waals surface area contributed by atoms with Gasteiger partial charge < -0.3 is 0 Å². The van der Waals surface area contributed by atoms with E-state index in [0.717, 1.165) is 0 Å². The van der Waals surface area contributed by atoms with Gasteiger partial charge in [-0.15, -0.1) is 0 Å². The number of hydrogen-bond donors (Lipinski definition) is 0. The molecule has 0 heterocycles. The average molecular weight is 238 g/mol. The van der Waals surface area contributed by atoms with Crippen LogP contribution in [-0.2, 0) is 0 Å². The molecule has 0 saturated heterocycles. The van der Waals surface area contributed by atoms with Crippen molar-refractivity contribution in [2.45, 2.75) is 20.8 Å². The van der Waals surface area contributed by atoms with Crippen LogP contribution in [0.1, 0.15) is 16.7 Å². The summed E-state index contributed by atoms with van der Waals surface area (Å²) in [6.45, 7) is 6.52. The van der Waals surface area contributed by atoms with E-state index in [0.29, 0.717) is 0 Å². The van der Waals surface area contributed by atoms with Crippen molar-refractivity contribution in [3.8, 4) is 0 Å². The van der Waals surface area contributed by atoms with Crippen LogP contribution in [0.2, 0.25) is 0 Å². The molecule has 0 N–H and O–H groups in total. The van der Waals surface area contributed by atoms with E-state index in [1.54, 1.807) is 0 Å². The van der Waals surface area contributed by atoms with Crippen molar-refractivity contribution in [2.24, 2.45) is 0 Å². The van der Waals surface area contributed by atoms with Gasteiger partial charge in [-0.3, -0.25) is 0 Å². The zero-order valence-electron chi connectivity index (χ0n) is 6.65. The van der Waals surface area contributed by atoms with Crippen LogP contribution in [0.15, 0.2) is 12.1 Å². The quantitative estimate of drug-likeness (QED) is 0.599. The van der Waals surface area contributed by atoms with Gasteiger partial charge in [0.1, 0.15) is 0 Å². The number of aryl methyl sites for hydroxylation is 3. The molecule has 0 aliphatic heterocycles. The molecule has 0 aliphatic rings. The SMILES string of the molecule is Cc1cc(C)[c]([Sn])c(C)c1. The summed E-state index contributed by atoms with van der Waals surface area (Å²) >= 11 is 1.53. The Morgan fingerprint density at radius 2 is 1.40 bits per heavy atom. The first-order valence-electron chi connectivity index (χ1n) is 3.40. The fourth-order valence-electron chi connectivity index (χ4n) is 1.18. The van der Waals surface area contributed by atoms with Crippen molar-refractivity contribution in [1.29, 1.82) is 0 Å². The molecular formula is C9H11Sn. The van der Waals surface area contributed by atoms with Crippen LogP contribution in [0.5, 0.6) is 0 Å². The minimum absolute atomic E-state index is 1.38. The average Bonchev–Trinajstić information content (AvgIpc) is 1.82. The molecule has 0 amide bonds. The van der Waals surface area contributed by atoms with Gasteiger partial charge in [0.05, 0.1) is 0 Å². The molecule has 0 aliphatic carbocycles. The number of rotatable bonds is 0. The molecule has 51 valence electrons. The van der Waals surface area contributed by atoms with Crippen molar-refractivity contribution in [2.75, 3.05) is 0 Å². The molecule has 1 heteroatoms. The van der Waals surface area contributed by atoms with Gasteiger partial charge in [-0.1, -0.05) is 0 Å². The first-order valence-corrected chi connectivity index (χ1v) is 4.83. The Morgan fingerprint density at radius 1 is 1.00 bits per heavy atom. The molecule has 1 aromatic rings. The third kappa shape index (κ3) is 1.54. The molecule has 0 saturated carbocycles. The van der Waals surface area contributed by atoms with E-state index in [-0.39, 0.29) is 0 Å². The van der Waals surface area contributed by atoms with Gasteiger partial charge in [-0.2, -0.15) is 0 Å². The summed E-state index contributed by atoms with van der Waals surface area (Å²) in [5, 5.41) is 0. The van der Waals surface area contributed by atoms with E-state index in [4.69, 9.17) is 0 Å². The van der Waals surface area contributed by atoms with Crippen LogP contribution in [0.4, 0.5) is 0 Å². The molecule has 1 aromatic carbocycles. The van der Waals surface area contributed by atoms with Crippen LogP contribution in [0, 0.1) is 20.8 Å². The molecule has 1 rings (SSSR count). The van der Waals surface area contributed by atoms with Crippen molar-refractivity contribution < 1.29 is 0 Å². The Labute approximate surface area is 75.7 Å². The van der Waals surface area contributed by atoms with Crippen LogP contribution >= 0.6 is 0 Å². The summed E-state index contributed by atoms with van der Waals surface area (Å²) < 4.78 is 1.51.